The van der Waals surface area contributed by atoms with E-state index < -0.39 is 0 Å². The van der Waals surface area contributed by atoms with Gasteiger partial charge in [-0.15, -0.1) is 0 Å². The Hall–Kier alpha value is -0.720. The van der Waals surface area contributed by atoms with Gasteiger partial charge in [-0.05, 0) is 142 Å². The maximum atomic E-state index is 6.49. The molecule has 7 aliphatic rings. The van der Waals surface area contributed by atoms with Crippen LogP contribution in [0.15, 0.2) is 24.5 Å². The first-order chi connectivity index (χ1) is 16.9. The lowest BCUT2D eigenvalue weighted by Crippen LogP contribution is -2.44. The number of unbranched alkanes of at least 4 members (excludes halogenated alkanes) is 1. The summed E-state index contributed by atoms with van der Waals surface area (Å²) < 4.78 is 6.49. The average molecular weight is 479 g/mol. The van der Waals surface area contributed by atoms with Gasteiger partial charge in [0, 0.05) is 5.92 Å². The van der Waals surface area contributed by atoms with Crippen LogP contribution in [0.25, 0.3) is 0 Å². The third-order valence-electron chi connectivity index (χ3n) is 12.7. The van der Waals surface area contributed by atoms with Crippen molar-refractivity contribution in [3.05, 3.63) is 24.5 Å². The molecule has 0 aromatic rings. The van der Waals surface area contributed by atoms with Crippen LogP contribution in [-0.4, -0.2) is 6.10 Å². The Bertz CT molecular complexity index is 801. The van der Waals surface area contributed by atoms with E-state index in [1.165, 1.54) is 70.6 Å². The molecule has 0 aliphatic heterocycles. The van der Waals surface area contributed by atoms with Crippen molar-refractivity contribution in [3.63, 3.8) is 0 Å². The fraction of sp³-hybridized carbons (Fsp3) is 0.882. The van der Waals surface area contributed by atoms with Crippen LogP contribution < -0.4 is 0 Å². The Morgan fingerprint density at radius 1 is 0.914 bits per heavy atom. The quantitative estimate of drug-likeness (QED) is 0.163. The largest absolute Gasteiger partial charge is 0.495 e. The summed E-state index contributed by atoms with van der Waals surface area (Å²) in [6.07, 6.45) is 22.1. The Morgan fingerprint density at radius 2 is 1.71 bits per heavy atom. The summed E-state index contributed by atoms with van der Waals surface area (Å²) >= 11 is 0. The molecule has 10 unspecified atom stereocenters. The molecule has 0 spiro atoms. The van der Waals surface area contributed by atoms with Gasteiger partial charge in [0.05, 0.1) is 5.76 Å². The number of fused-ring (bicyclic) bond motifs is 4. The van der Waals surface area contributed by atoms with Crippen molar-refractivity contribution in [3.8, 4) is 0 Å². The molecule has 7 saturated carbocycles. The predicted octanol–water partition coefficient (Wildman–Crippen LogP) is 9.58. The minimum atomic E-state index is 0.473. The van der Waals surface area contributed by atoms with Crippen molar-refractivity contribution in [2.45, 2.75) is 123 Å². The molecule has 10 atom stereocenters. The highest BCUT2D eigenvalue weighted by Gasteiger charge is 2.55. The number of rotatable bonds is 11. The van der Waals surface area contributed by atoms with Crippen molar-refractivity contribution in [2.24, 2.45) is 64.6 Å². The van der Waals surface area contributed by atoms with Crippen LogP contribution in [0, 0.1) is 64.6 Å². The Kier molecular flexibility index (Phi) is 6.71. The molecule has 0 aromatic carbocycles. The lowest BCUT2D eigenvalue weighted by Gasteiger charge is -2.56. The number of hydrogen-bond acceptors (Lipinski definition) is 1. The van der Waals surface area contributed by atoms with Crippen molar-refractivity contribution < 1.29 is 4.74 Å². The van der Waals surface area contributed by atoms with Crippen molar-refractivity contribution in [1.82, 2.24) is 0 Å². The van der Waals surface area contributed by atoms with Gasteiger partial charge in [-0.2, -0.15) is 0 Å². The molecule has 0 N–H and O–H groups in total. The first-order valence-corrected chi connectivity index (χ1v) is 15.9. The molecular weight excluding hydrogens is 424 g/mol. The molecule has 196 valence electrons. The van der Waals surface area contributed by atoms with Crippen LogP contribution in [0.5, 0.6) is 0 Å². The molecule has 7 fully saturated rings. The van der Waals surface area contributed by atoms with Crippen molar-refractivity contribution in [1.29, 1.82) is 0 Å². The van der Waals surface area contributed by atoms with E-state index in [1.54, 1.807) is 31.3 Å². The highest BCUT2D eigenvalue weighted by atomic mass is 16.5. The molecule has 0 aromatic heterocycles. The highest BCUT2D eigenvalue weighted by Crippen LogP contribution is 2.61. The Labute approximate surface area is 216 Å². The number of hydrogen-bond donors (Lipinski definition) is 0. The van der Waals surface area contributed by atoms with E-state index in [9.17, 15) is 0 Å². The van der Waals surface area contributed by atoms with Gasteiger partial charge in [0.2, 0.25) is 0 Å². The summed E-state index contributed by atoms with van der Waals surface area (Å²) in [5.41, 5.74) is 2.38. The van der Waals surface area contributed by atoms with Crippen molar-refractivity contribution in [2.75, 3.05) is 0 Å². The molecule has 4 bridgehead atoms. The molecule has 0 heterocycles. The van der Waals surface area contributed by atoms with Gasteiger partial charge >= 0.3 is 0 Å². The Morgan fingerprint density at radius 3 is 2.43 bits per heavy atom. The molecule has 35 heavy (non-hydrogen) atoms. The summed E-state index contributed by atoms with van der Waals surface area (Å²) in [5, 5.41) is 0. The second-order valence-electron chi connectivity index (χ2n) is 14.9. The summed E-state index contributed by atoms with van der Waals surface area (Å²) in [6.45, 7) is 16.3. The fourth-order valence-corrected chi connectivity index (χ4v) is 10.7. The van der Waals surface area contributed by atoms with Crippen LogP contribution in [0.2, 0.25) is 0 Å². The molecule has 0 radical (unpaired) electrons. The molecular formula is C34H54O. The van der Waals surface area contributed by atoms with Gasteiger partial charge in [-0.3, -0.25) is 0 Å². The minimum Gasteiger partial charge on any atom is -0.495 e. The monoisotopic (exact) mass is 478 g/mol. The van der Waals surface area contributed by atoms with E-state index in [-0.39, 0.29) is 0 Å². The summed E-state index contributed by atoms with van der Waals surface area (Å²) in [6, 6.07) is 0. The van der Waals surface area contributed by atoms with Crippen LogP contribution >= 0.6 is 0 Å². The van der Waals surface area contributed by atoms with E-state index >= 15 is 0 Å². The molecule has 1 nitrogen and oxygen atoms in total. The number of ether oxygens (including phenoxy) is 1. The second-order valence-corrected chi connectivity index (χ2v) is 14.9. The van der Waals surface area contributed by atoms with Gasteiger partial charge in [0.1, 0.15) is 6.10 Å². The smallest absolute Gasteiger partial charge is 0.102 e. The van der Waals surface area contributed by atoms with Gasteiger partial charge in [-0.1, -0.05) is 52.3 Å². The lowest BCUT2D eigenvalue weighted by atomic mass is 9.49. The van der Waals surface area contributed by atoms with Crippen LogP contribution in [0.1, 0.15) is 117 Å². The van der Waals surface area contributed by atoms with Crippen LogP contribution in [0.3, 0.4) is 0 Å². The third kappa shape index (κ3) is 4.69. The van der Waals surface area contributed by atoms with E-state index in [1.807, 2.05) is 0 Å². The summed E-state index contributed by atoms with van der Waals surface area (Å²) in [7, 11) is 0. The normalized spacial score (nSPS) is 49.6. The maximum absolute atomic E-state index is 6.49. The standard InChI is InChI=1S/C34H54O/c1-6-25-14-26-19-34(18-25,20-26)12-8-7-9-21(2)27-10-11-28(15-27)33-23(4)31-16-29(33)17-32(31)35-24(5)30-13-22(30)3/h22-23,25-33H,2,5-20H2,1,3-4H3. The zero-order valence-electron chi connectivity index (χ0n) is 23.3. The molecule has 7 aliphatic carbocycles. The summed E-state index contributed by atoms with van der Waals surface area (Å²) in [5.74, 6) is 9.98. The van der Waals surface area contributed by atoms with E-state index in [4.69, 9.17) is 4.74 Å². The molecule has 0 saturated heterocycles. The predicted molar refractivity (Wildman–Crippen MR) is 147 cm³/mol. The molecule has 7 rings (SSSR count). The highest BCUT2D eigenvalue weighted by molar-refractivity contribution is 5.10. The average Bonchev–Trinajstić information content (AvgIpc) is 3.16. The SMILES string of the molecule is C=C(CCCCC12CC(CC)CC(C1)C2)C1CCC(C2C3CC(OC(=C)C4CC4C)C(C3)C2C)C1. The van der Waals surface area contributed by atoms with Crippen molar-refractivity contribution >= 4 is 0 Å². The van der Waals surface area contributed by atoms with Gasteiger partial charge in [0.25, 0.3) is 0 Å². The lowest BCUT2D eigenvalue weighted by molar-refractivity contribution is -0.0469. The molecule has 1 heteroatoms. The van der Waals surface area contributed by atoms with E-state index in [0.29, 0.717) is 12.0 Å². The van der Waals surface area contributed by atoms with Gasteiger partial charge in [0.15, 0.2) is 0 Å². The van der Waals surface area contributed by atoms with Gasteiger partial charge < -0.3 is 4.74 Å². The Balaban J connectivity index is 0.926. The first-order valence-electron chi connectivity index (χ1n) is 15.9. The summed E-state index contributed by atoms with van der Waals surface area (Å²) in [4.78, 5) is 0. The van der Waals surface area contributed by atoms with E-state index in [0.717, 1.165) is 64.4 Å². The zero-order valence-corrected chi connectivity index (χ0v) is 23.3. The molecule has 0 amide bonds. The number of allylic oxidation sites excluding steroid dienone is 2. The van der Waals surface area contributed by atoms with E-state index in [2.05, 4.69) is 33.9 Å². The third-order valence-corrected chi connectivity index (χ3v) is 12.7. The topological polar surface area (TPSA) is 9.23 Å². The fourth-order valence-electron chi connectivity index (χ4n) is 10.7. The maximum Gasteiger partial charge on any atom is 0.102 e. The minimum absolute atomic E-state index is 0.473. The second kappa shape index (κ2) is 9.54. The zero-order chi connectivity index (χ0) is 24.3. The van der Waals surface area contributed by atoms with Crippen LogP contribution in [0.4, 0.5) is 0 Å². The first kappa shape index (κ1) is 24.6. The van der Waals surface area contributed by atoms with Crippen LogP contribution in [-0.2, 0) is 4.74 Å². The van der Waals surface area contributed by atoms with Gasteiger partial charge in [-0.25, -0.2) is 0 Å².